The fourth-order valence-electron chi connectivity index (χ4n) is 6.18. The van der Waals surface area contributed by atoms with Gasteiger partial charge in [0.05, 0.1) is 46.8 Å². The van der Waals surface area contributed by atoms with Crippen molar-refractivity contribution in [3.63, 3.8) is 0 Å². The maximum Gasteiger partial charge on any atom is 0.417 e. The third kappa shape index (κ3) is 2.14. The van der Waals surface area contributed by atoms with E-state index in [-0.39, 0.29) is 24.6 Å². The van der Waals surface area contributed by atoms with Crippen LogP contribution < -0.4 is 4.90 Å². The van der Waals surface area contributed by atoms with Crippen LogP contribution in [0.3, 0.4) is 0 Å². The normalized spacial score (nSPS) is 42.9. The molecule has 5 rings (SSSR count). The van der Waals surface area contributed by atoms with Gasteiger partial charge in [0, 0.05) is 18.5 Å². The van der Waals surface area contributed by atoms with Gasteiger partial charge in [-0.15, -0.1) is 0 Å². The molecule has 1 aromatic rings. The number of alkyl halides is 3. The molecule has 4 fully saturated rings. The summed E-state index contributed by atoms with van der Waals surface area (Å²) in [4.78, 5) is 14.6. The van der Waals surface area contributed by atoms with Gasteiger partial charge in [0.1, 0.15) is 11.8 Å². The monoisotopic (exact) mass is 408 g/mol. The molecule has 4 saturated heterocycles. The number of halogens is 3. The Balaban J connectivity index is 1.64. The van der Waals surface area contributed by atoms with Crippen LogP contribution >= 0.6 is 0 Å². The van der Waals surface area contributed by atoms with Gasteiger partial charge in [-0.25, -0.2) is 0 Å². The van der Waals surface area contributed by atoms with Crippen LogP contribution in [0.5, 0.6) is 0 Å². The number of rotatable bonds is 1. The lowest BCUT2D eigenvalue weighted by Gasteiger charge is -2.48. The quantitative estimate of drug-likeness (QED) is 0.773. The van der Waals surface area contributed by atoms with E-state index in [9.17, 15) is 23.1 Å². The highest BCUT2D eigenvalue weighted by molar-refractivity contribution is 6.00. The molecule has 0 aromatic heterocycles. The number of nitriles is 1. The van der Waals surface area contributed by atoms with Gasteiger partial charge in [-0.1, -0.05) is 0 Å². The zero-order valence-electron chi connectivity index (χ0n) is 15.8. The first-order chi connectivity index (χ1) is 13.5. The average molecular weight is 408 g/mol. The molecule has 4 aliphatic rings. The van der Waals surface area contributed by atoms with E-state index >= 15 is 0 Å². The van der Waals surface area contributed by atoms with Crippen molar-refractivity contribution >= 4 is 11.6 Å². The SMILES string of the molecule is C[C@@]12C[C@](C)(O)[C@]3(CCO[C@H]4[C@@H]3[C@@H]1C(=O)N4c1ccc(C#N)c(C(F)(F)F)c1)O2. The van der Waals surface area contributed by atoms with Crippen LogP contribution in [0, 0.1) is 23.2 Å². The molecule has 0 aliphatic carbocycles. The Labute approximate surface area is 164 Å². The van der Waals surface area contributed by atoms with Crippen molar-refractivity contribution in [2.75, 3.05) is 11.5 Å². The van der Waals surface area contributed by atoms with Gasteiger partial charge in [0.2, 0.25) is 5.91 Å². The minimum atomic E-state index is -4.73. The van der Waals surface area contributed by atoms with E-state index in [1.54, 1.807) is 19.9 Å². The lowest BCUT2D eigenvalue weighted by atomic mass is 9.59. The van der Waals surface area contributed by atoms with Crippen molar-refractivity contribution in [1.29, 1.82) is 5.26 Å². The summed E-state index contributed by atoms with van der Waals surface area (Å²) in [6.07, 6.45) is -4.88. The van der Waals surface area contributed by atoms with Crippen LogP contribution in [0.2, 0.25) is 0 Å². The summed E-state index contributed by atoms with van der Waals surface area (Å²) in [6, 6.07) is 4.78. The summed E-state index contributed by atoms with van der Waals surface area (Å²) >= 11 is 0. The van der Waals surface area contributed by atoms with Crippen molar-refractivity contribution in [2.24, 2.45) is 11.8 Å². The van der Waals surface area contributed by atoms with Crippen molar-refractivity contribution in [3.05, 3.63) is 29.3 Å². The average Bonchev–Trinajstić information content (AvgIpc) is 3.15. The van der Waals surface area contributed by atoms with E-state index < -0.39 is 52.2 Å². The lowest BCUT2D eigenvalue weighted by Crippen LogP contribution is -2.62. The molecule has 4 heterocycles. The number of nitrogens with zero attached hydrogens (tertiary/aromatic N) is 2. The number of hydrogen-bond acceptors (Lipinski definition) is 5. The highest BCUT2D eigenvalue weighted by atomic mass is 19.4. The van der Waals surface area contributed by atoms with E-state index in [1.165, 1.54) is 11.0 Å². The van der Waals surface area contributed by atoms with Gasteiger partial charge in [-0.05, 0) is 32.0 Å². The molecule has 0 unspecified atom stereocenters. The molecule has 1 amide bonds. The van der Waals surface area contributed by atoms with Crippen LogP contribution in [0.1, 0.15) is 37.8 Å². The number of amides is 1. The number of ether oxygens (including phenoxy) is 2. The van der Waals surface area contributed by atoms with Crippen molar-refractivity contribution in [3.8, 4) is 6.07 Å². The summed E-state index contributed by atoms with van der Waals surface area (Å²) in [5.41, 5.74) is -4.62. The van der Waals surface area contributed by atoms with Gasteiger partial charge in [-0.3, -0.25) is 9.69 Å². The van der Waals surface area contributed by atoms with Gasteiger partial charge < -0.3 is 14.6 Å². The molecule has 1 aromatic carbocycles. The van der Waals surface area contributed by atoms with Gasteiger partial charge in [0.25, 0.3) is 0 Å². The predicted molar refractivity (Wildman–Crippen MR) is 92.4 cm³/mol. The number of benzene rings is 1. The Morgan fingerprint density at radius 2 is 2.07 bits per heavy atom. The molecule has 9 heteroatoms. The van der Waals surface area contributed by atoms with Gasteiger partial charge in [0.15, 0.2) is 0 Å². The molecule has 0 saturated carbocycles. The van der Waals surface area contributed by atoms with Crippen LogP contribution in [0.15, 0.2) is 18.2 Å². The highest BCUT2D eigenvalue weighted by Gasteiger charge is 2.81. The van der Waals surface area contributed by atoms with E-state index in [4.69, 9.17) is 14.7 Å². The second-order valence-corrected chi connectivity index (χ2v) is 8.82. The zero-order chi connectivity index (χ0) is 21.0. The predicted octanol–water partition coefficient (Wildman–Crippen LogP) is 2.58. The Bertz CT molecular complexity index is 971. The zero-order valence-corrected chi connectivity index (χ0v) is 15.8. The van der Waals surface area contributed by atoms with E-state index in [2.05, 4.69) is 0 Å². The summed E-state index contributed by atoms with van der Waals surface area (Å²) in [7, 11) is 0. The first kappa shape index (κ1) is 18.9. The molecule has 29 heavy (non-hydrogen) atoms. The number of carbonyl (C=O) groups is 1. The Morgan fingerprint density at radius 1 is 1.34 bits per heavy atom. The lowest BCUT2D eigenvalue weighted by molar-refractivity contribution is -0.193. The molecule has 2 bridgehead atoms. The summed E-state index contributed by atoms with van der Waals surface area (Å²) in [5, 5.41) is 20.1. The van der Waals surface area contributed by atoms with Crippen LogP contribution in [-0.2, 0) is 20.4 Å². The molecule has 0 radical (unpaired) electrons. The van der Waals surface area contributed by atoms with Crippen LogP contribution in [-0.4, -0.2) is 40.7 Å². The smallest absolute Gasteiger partial charge is 0.387 e. The number of aliphatic hydroxyl groups is 1. The van der Waals surface area contributed by atoms with Crippen molar-refractivity contribution in [2.45, 2.75) is 55.9 Å². The molecule has 1 spiro atoms. The highest BCUT2D eigenvalue weighted by Crippen LogP contribution is 2.68. The Hall–Kier alpha value is -2.15. The first-order valence-corrected chi connectivity index (χ1v) is 9.44. The molecule has 1 N–H and O–H groups in total. The van der Waals surface area contributed by atoms with Crippen LogP contribution in [0.25, 0.3) is 0 Å². The Kier molecular flexibility index (Phi) is 3.45. The summed E-state index contributed by atoms with van der Waals surface area (Å²) in [5.74, 6) is -1.47. The molecule has 4 aliphatic heterocycles. The second-order valence-electron chi connectivity index (χ2n) is 8.82. The largest absolute Gasteiger partial charge is 0.417 e. The first-order valence-electron chi connectivity index (χ1n) is 9.44. The fourth-order valence-corrected chi connectivity index (χ4v) is 6.18. The van der Waals surface area contributed by atoms with E-state index in [0.29, 0.717) is 6.42 Å². The van der Waals surface area contributed by atoms with Crippen LogP contribution in [0.4, 0.5) is 18.9 Å². The second kappa shape index (κ2) is 5.31. The molecule has 154 valence electrons. The van der Waals surface area contributed by atoms with Gasteiger partial charge >= 0.3 is 6.18 Å². The van der Waals surface area contributed by atoms with E-state index in [0.717, 1.165) is 12.1 Å². The topological polar surface area (TPSA) is 82.8 Å². The molecule has 6 atom stereocenters. The number of hydrogen-bond donors (Lipinski definition) is 1. The number of anilines is 1. The molecular formula is C20H19F3N2O4. The fraction of sp³-hybridized carbons (Fsp3) is 0.600. The summed E-state index contributed by atoms with van der Waals surface area (Å²) in [6.45, 7) is 3.68. The standard InChI is InChI=1S/C20H19F3N2O4/c1-17-9-18(2,27)19(29-17)5-6-28-16-14(19)13(17)15(26)25(16)11-4-3-10(8-24)12(7-11)20(21,22)23/h3-4,7,13-14,16,27H,5-6,9H2,1-2H3/t13-,14+,16+,17-,18+,19-/m1/s1. The number of carbonyl (C=O) groups excluding carboxylic acids is 1. The minimum Gasteiger partial charge on any atom is -0.387 e. The molecule has 6 nitrogen and oxygen atoms in total. The maximum absolute atomic E-state index is 13.4. The maximum atomic E-state index is 13.4. The summed E-state index contributed by atoms with van der Waals surface area (Å²) < 4.78 is 52.4. The third-order valence-electron chi connectivity index (χ3n) is 7.11. The van der Waals surface area contributed by atoms with Gasteiger partial charge in [-0.2, -0.15) is 18.4 Å². The minimum absolute atomic E-state index is 0.0282. The van der Waals surface area contributed by atoms with Crippen molar-refractivity contribution in [1.82, 2.24) is 0 Å². The molecular weight excluding hydrogens is 389 g/mol. The van der Waals surface area contributed by atoms with E-state index in [1.807, 2.05) is 0 Å². The number of fused-ring (bicyclic) bond motifs is 2. The van der Waals surface area contributed by atoms with Crippen molar-refractivity contribution < 1.29 is 32.5 Å². The Morgan fingerprint density at radius 3 is 2.72 bits per heavy atom. The third-order valence-corrected chi connectivity index (χ3v) is 7.11.